The predicted octanol–water partition coefficient (Wildman–Crippen LogP) is 1.56. The first kappa shape index (κ1) is 16.4. The van der Waals surface area contributed by atoms with Crippen LogP contribution in [0, 0.1) is 5.82 Å². The van der Waals surface area contributed by atoms with E-state index >= 15 is 0 Å². The number of nitrogens with two attached hydrogens (primary N) is 1. The standard InChI is InChI=1S/C14H22FN3O2/c1-3-14(2,7-8-19)17-9-10-5-4-6-11(12(10)15)13(16)18-20/h4-6,17,19-20H,3,7-9H2,1-2H3,(H2,16,18). The van der Waals surface area contributed by atoms with E-state index < -0.39 is 5.82 Å². The summed E-state index contributed by atoms with van der Waals surface area (Å²) >= 11 is 0. The number of aliphatic hydroxyl groups is 1. The summed E-state index contributed by atoms with van der Waals surface area (Å²) < 4.78 is 14.2. The largest absolute Gasteiger partial charge is 0.409 e. The molecular weight excluding hydrogens is 261 g/mol. The average molecular weight is 283 g/mol. The minimum absolute atomic E-state index is 0.0734. The summed E-state index contributed by atoms with van der Waals surface area (Å²) in [6.07, 6.45) is 1.40. The van der Waals surface area contributed by atoms with Crippen molar-refractivity contribution in [2.75, 3.05) is 6.61 Å². The normalized spacial score (nSPS) is 15.1. The van der Waals surface area contributed by atoms with Gasteiger partial charge in [0.25, 0.3) is 0 Å². The van der Waals surface area contributed by atoms with Gasteiger partial charge in [-0.3, -0.25) is 0 Å². The Morgan fingerprint density at radius 1 is 1.50 bits per heavy atom. The van der Waals surface area contributed by atoms with Gasteiger partial charge in [0, 0.05) is 24.3 Å². The first-order valence-electron chi connectivity index (χ1n) is 6.58. The van der Waals surface area contributed by atoms with Gasteiger partial charge in [0.15, 0.2) is 5.84 Å². The van der Waals surface area contributed by atoms with Crippen molar-refractivity contribution in [2.24, 2.45) is 10.9 Å². The molecule has 0 saturated heterocycles. The molecule has 0 heterocycles. The van der Waals surface area contributed by atoms with Crippen LogP contribution in [0.4, 0.5) is 4.39 Å². The molecule has 6 heteroatoms. The number of amidine groups is 1. The van der Waals surface area contributed by atoms with Gasteiger partial charge in [-0.15, -0.1) is 0 Å². The van der Waals surface area contributed by atoms with Crippen molar-refractivity contribution in [3.05, 3.63) is 35.1 Å². The minimum atomic E-state index is -0.502. The lowest BCUT2D eigenvalue weighted by Crippen LogP contribution is -2.42. The van der Waals surface area contributed by atoms with E-state index in [2.05, 4.69) is 10.5 Å². The Kier molecular flexibility index (Phi) is 5.91. The van der Waals surface area contributed by atoms with Gasteiger partial charge in [0.2, 0.25) is 0 Å². The molecular formula is C14H22FN3O2. The van der Waals surface area contributed by atoms with E-state index in [1.807, 2.05) is 13.8 Å². The number of nitrogens with one attached hydrogen (secondary N) is 1. The summed E-state index contributed by atoms with van der Waals surface area (Å²) in [4.78, 5) is 0. The molecule has 20 heavy (non-hydrogen) atoms. The fourth-order valence-electron chi connectivity index (χ4n) is 1.91. The monoisotopic (exact) mass is 283 g/mol. The molecule has 0 fully saturated rings. The highest BCUT2D eigenvalue weighted by Gasteiger charge is 2.21. The molecule has 5 N–H and O–H groups in total. The van der Waals surface area contributed by atoms with Crippen molar-refractivity contribution >= 4 is 5.84 Å². The van der Waals surface area contributed by atoms with E-state index in [4.69, 9.17) is 16.0 Å². The molecule has 1 aromatic rings. The molecule has 0 aliphatic carbocycles. The molecule has 1 aromatic carbocycles. The highest BCUT2D eigenvalue weighted by atomic mass is 19.1. The molecule has 5 nitrogen and oxygen atoms in total. The Bertz CT molecular complexity index is 479. The molecule has 0 bridgehead atoms. The van der Waals surface area contributed by atoms with Crippen LogP contribution in [0.25, 0.3) is 0 Å². The van der Waals surface area contributed by atoms with Crippen LogP contribution in [0.3, 0.4) is 0 Å². The molecule has 1 atom stereocenters. The number of halogens is 1. The Morgan fingerprint density at radius 3 is 2.75 bits per heavy atom. The summed E-state index contributed by atoms with van der Waals surface area (Å²) in [6.45, 7) is 4.37. The molecule has 0 radical (unpaired) electrons. The van der Waals surface area contributed by atoms with Crippen molar-refractivity contribution in [3.63, 3.8) is 0 Å². The second-order valence-electron chi connectivity index (χ2n) is 5.01. The molecule has 0 aliphatic heterocycles. The SMILES string of the molecule is CCC(C)(CCO)NCc1cccc(/C(N)=N/O)c1F. The van der Waals surface area contributed by atoms with Crippen molar-refractivity contribution < 1.29 is 14.7 Å². The van der Waals surface area contributed by atoms with Crippen LogP contribution in [0.5, 0.6) is 0 Å². The number of benzene rings is 1. The summed E-state index contributed by atoms with van der Waals surface area (Å²) in [5.41, 5.74) is 5.68. The number of oxime groups is 1. The molecule has 0 aliphatic rings. The van der Waals surface area contributed by atoms with Crippen molar-refractivity contribution in [3.8, 4) is 0 Å². The van der Waals surface area contributed by atoms with Crippen LogP contribution < -0.4 is 11.1 Å². The van der Waals surface area contributed by atoms with Crippen LogP contribution in [0.2, 0.25) is 0 Å². The predicted molar refractivity (Wildman–Crippen MR) is 76.1 cm³/mol. The van der Waals surface area contributed by atoms with E-state index in [1.165, 1.54) is 6.07 Å². The topological polar surface area (TPSA) is 90.9 Å². The average Bonchev–Trinajstić information content (AvgIpc) is 2.45. The van der Waals surface area contributed by atoms with Gasteiger partial charge in [0.1, 0.15) is 5.82 Å². The first-order chi connectivity index (χ1) is 9.47. The number of aliphatic hydroxyl groups excluding tert-OH is 1. The van der Waals surface area contributed by atoms with Gasteiger partial charge in [-0.25, -0.2) is 4.39 Å². The molecule has 0 aromatic heterocycles. The smallest absolute Gasteiger partial charge is 0.173 e. The quantitative estimate of drug-likeness (QED) is 0.264. The van der Waals surface area contributed by atoms with Crippen LogP contribution in [0.1, 0.15) is 37.8 Å². The summed E-state index contributed by atoms with van der Waals surface area (Å²) in [5, 5.41) is 23.7. The highest BCUT2D eigenvalue weighted by Crippen LogP contribution is 2.17. The van der Waals surface area contributed by atoms with Crippen LogP contribution in [0.15, 0.2) is 23.4 Å². The fraction of sp³-hybridized carbons (Fsp3) is 0.500. The van der Waals surface area contributed by atoms with E-state index in [0.29, 0.717) is 18.5 Å². The van der Waals surface area contributed by atoms with E-state index in [9.17, 15) is 4.39 Å². The van der Waals surface area contributed by atoms with Gasteiger partial charge in [-0.05, 0) is 25.8 Å². The number of nitrogens with zero attached hydrogens (tertiary/aromatic N) is 1. The summed E-state index contributed by atoms with van der Waals surface area (Å²) in [6, 6.07) is 4.76. The van der Waals surface area contributed by atoms with Gasteiger partial charge in [-0.2, -0.15) is 0 Å². The van der Waals surface area contributed by atoms with Crippen molar-refractivity contribution in [1.29, 1.82) is 0 Å². The molecule has 1 rings (SSSR count). The van der Waals surface area contributed by atoms with Crippen LogP contribution in [-0.4, -0.2) is 28.3 Å². The molecule has 0 saturated carbocycles. The number of rotatable bonds is 7. The van der Waals surface area contributed by atoms with E-state index in [0.717, 1.165) is 6.42 Å². The first-order valence-corrected chi connectivity index (χ1v) is 6.58. The second-order valence-corrected chi connectivity index (χ2v) is 5.01. The zero-order valence-electron chi connectivity index (χ0n) is 11.9. The third kappa shape index (κ3) is 3.91. The third-order valence-electron chi connectivity index (χ3n) is 3.61. The highest BCUT2D eigenvalue weighted by molar-refractivity contribution is 5.97. The Morgan fingerprint density at radius 2 is 2.20 bits per heavy atom. The summed E-state index contributed by atoms with van der Waals surface area (Å²) in [5.74, 6) is -0.754. The van der Waals surface area contributed by atoms with Crippen molar-refractivity contribution in [1.82, 2.24) is 5.32 Å². The lowest BCUT2D eigenvalue weighted by atomic mass is 9.94. The molecule has 0 spiro atoms. The maximum Gasteiger partial charge on any atom is 0.173 e. The lowest BCUT2D eigenvalue weighted by molar-refractivity contribution is 0.214. The lowest BCUT2D eigenvalue weighted by Gasteiger charge is -2.29. The number of hydrogen-bond donors (Lipinski definition) is 4. The maximum atomic E-state index is 14.2. The Labute approximate surface area is 118 Å². The van der Waals surface area contributed by atoms with Crippen LogP contribution >= 0.6 is 0 Å². The molecule has 0 amide bonds. The minimum Gasteiger partial charge on any atom is -0.409 e. The Balaban J connectivity index is 2.89. The van der Waals surface area contributed by atoms with Gasteiger partial charge < -0.3 is 21.4 Å². The van der Waals surface area contributed by atoms with Gasteiger partial charge in [0.05, 0.1) is 5.56 Å². The Hall–Kier alpha value is -1.66. The van der Waals surface area contributed by atoms with Gasteiger partial charge in [-0.1, -0.05) is 24.2 Å². The van der Waals surface area contributed by atoms with E-state index in [1.54, 1.807) is 12.1 Å². The van der Waals surface area contributed by atoms with Crippen LogP contribution in [-0.2, 0) is 6.54 Å². The van der Waals surface area contributed by atoms with Gasteiger partial charge >= 0.3 is 0 Å². The zero-order chi connectivity index (χ0) is 15.2. The van der Waals surface area contributed by atoms with E-state index in [-0.39, 0.29) is 23.5 Å². The second kappa shape index (κ2) is 7.21. The third-order valence-corrected chi connectivity index (χ3v) is 3.61. The van der Waals surface area contributed by atoms with Crippen molar-refractivity contribution in [2.45, 2.75) is 38.8 Å². The molecule has 1 unspecified atom stereocenters. The zero-order valence-corrected chi connectivity index (χ0v) is 11.9. The number of hydrogen-bond acceptors (Lipinski definition) is 4. The molecule has 112 valence electrons. The summed E-state index contributed by atoms with van der Waals surface area (Å²) in [7, 11) is 0. The maximum absolute atomic E-state index is 14.2. The fourth-order valence-corrected chi connectivity index (χ4v) is 1.91.